The summed E-state index contributed by atoms with van der Waals surface area (Å²) in [5.74, 6) is 1.55. The van der Waals surface area contributed by atoms with Gasteiger partial charge in [-0.3, -0.25) is 9.88 Å². The molecule has 0 unspecified atom stereocenters. The molecule has 2 aromatic carbocycles. The smallest absolute Gasteiger partial charge is 0.165 e. The molecule has 0 bridgehead atoms. The molecular formula is C24H22ClN3O2. The highest BCUT2D eigenvalue weighted by Crippen LogP contribution is 2.38. The van der Waals surface area contributed by atoms with Crippen molar-refractivity contribution in [3.8, 4) is 17.2 Å². The second kappa shape index (κ2) is 8.01. The lowest BCUT2D eigenvalue weighted by molar-refractivity contribution is 0.216. The zero-order chi connectivity index (χ0) is 20.5. The van der Waals surface area contributed by atoms with Crippen LogP contribution in [0.2, 0.25) is 5.02 Å². The Kier molecular flexibility index (Phi) is 5.07. The molecule has 0 saturated carbocycles. The first kappa shape index (κ1) is 19.0. The molecule has 0 fully saturated rings. The van der Waals surface area contributed by atoms with Gasteiger partial charge in [0.25, 0.3) is 0 Å². The van der Waals surface area contributed by atoms with E-state index in [9.17, 15) is 0 Å². The molecular weight excluding hydrogens is 398 g/mol. The Bertz CT molecular complexity index is 1190. The number of rotatable bonds is 4. The van der Waals surface area contributed by atoms with Gasteiger partial charge in [0, 0.05) is 60.9 Å². The van der Waals surface area contributed by atoms with E-state index in [1.54, 1.807) is 13.3 Å². The van der Waals surface area contributed by atoms with Crippen molar-refractivity contribution in [1.82, 2.24) is 14.5 Å². The summed E-state index contributed by atoms with van der Waals surface area (Å²) in [6, 6.07) is 16.3. The van der Waals surface area contributed by atoms with Crippen LogP contribution in [0.3, 0.4) is 0 Å². The molecule has 3 heterocycles. The summed E-state index contributed by atoms with van der Waals surface area (Å²) in [6.07, 6.45) is 5.76. The fourth-order valence-electron chi connectivity index (χ4n) is 4.06. The quantitative estimate of drug-likeness (QED) is 0.462. The minimum Gasteiger partial charge on any atom is -0.493 e. The minimum atomic E-state index is 0.612. The Morgan fingerprint density at radius 3 is 2.93 bits per heavy atom. The van der Waals surface area contributed by atoms with Crippen LogP contribution < -0.4 is 9.47 Å². The molecule has 0 amide bonds. The molecule has 5 rings (SSSR count). The molecule has 0 radical (unpaired) electrons. The molecule has 30 heavy (non-hydrogen) atoms. The van der Waals surface area contributed by atoms with Crippen molar-refractivity contribution in [2.75, 3.05) is 20.3 Å². The largest absolute Gasteiger partial charge is 0.493 e. The molecule has 0 atom stereocenters. The van der Waals surface area contributed by atoms with Crippen LogP contribution in [0.1, 0.15) is 11.1 Å². The van der Waals surface area contributed by atoms with E-state index >= 15 is 0 Å². The fourth-order valence-corrected chi connectivity index (χ4v) is 4.34. The maximum Gasteiger partial charge on any atom is 0.165 e. The first-order chi connectivity index (χ1) is 14.7. The molecule has 5 nitrogen and oxygen atoms in total. The predicted molar refractivity (Wildman–Crippen MR) is 119 cm³/mol. The molecule has 0 saturated heterocycles. The molecule has 0 N–H and O–H groups in total. The molecule has 4 aromatic rings. The Morgan fingerprint density at radius 2 is 2.10 bits per heavy atom. The van der Waals surface area contributed by atoms with Crippen molar-refractivity contribution in [2.24, 2.45) is 0 Å². The van der Waals surface area contributed by atoms with Crippen molar-refractivity contribution in [1.29, 1.82) is 0 Å². The number of methoxy groups -OCH3 is 1. The highest BCUT2D eigenvalue weighted by molar-refractivity contribution is 6.35. The number of fused-ring (bicyclic) bond motifs is 2. The monoisotopic (exact) mass is 419 g/mol. The van der Waals surface area contributed by atoms with Crippen LogP contribution in [-0.4, -0.2) is 34.7 Å². The molecule has 2 aromatic heterocycles. The van der Waals surface area contributed by atoms with Gasteiger partial charge in [0.15, 0.2) is 11.5 Å². The van der Waals surface area contributed by atoms with E-state index in [1.165, 1.54) is 5.56 Å². The predicted octanol–water partition coefficient (Wildman–Crippen LogP) is 5.08. The third kappa shape index (κ3) is 3.51. The van der Waals surface area contributed by atoms with Gasteiger partial charge >= 0.3 is 0 Å². The standard InChI is InChI=1S/C24H22ClN3O2/c1-29-22-13-20(28-9-7-18-5-2-6-21(25)23(18)28)12-19-16-27(10-11-30-24(19)22)15-17-4-3-8-26-14-17/h2-9,12-14H,10-11,15-16H2,1H3. The molecule has 1 aliphatic rings. The molecule has 152 valence electrons. The highest BCUT2D eigenvalue weighted by atomic mass is 35.5. The third-order valence-electron chi connectivity index (χ3n) is 5.45. The topological polar surface area (TPSA) is 39.5 Å². The summed E-state index contributed by atoms with van der Waals surface area (Å²) >= 11 is 6.52. The van der Waals surface area contributed by atoms with Crippen LogP contribution in [-0.2, 0) is 13.1 Å². The van der Waals surface area contributed by atoms with Crippen LogP contribution >= 0.6 is 11.6 Å². The Morgan fingerprint density at radius 1 is 1.17 bits per heavy atom. The normalized spacial score (nSPS) is 14.2. The maximum atomic E-state index is 6.52. The van der Waals surface area contributed by atoms with E-state index in [0.717, 1.165) is 58.3 Å². The van der Waals surface area contributed by atoms with Gasteiger partial charge in [-0.2, -0.15) is 0 Å². The van der Waals surface area contributed by atoms with Crippen molar-refractivity contribution in [3.05, 3.63) is 83.3 Å². The van der Waals surface area contributed by atoms with Gasteiger partial charge in [-0.15, -0.1) is 0 Å². The summed E-state index contributed by atoms with van der Waals surface area (Å²) in [6.45, 7) is 3.03. The maximum absolute atomic E-state index is 6.52. The van der Waals surface area contributed by atoms with Crippen LogP contribution in [0, 0.1) is 0 Å². The zero-order valence-corrected chi connectivity index (χ0v) is 17.5. The lowest BCUT2D eigenvalue weighted by atomic mass is 10.1. The van der Waals surface area contributed by atoms with E-state index in [0.29, 0.717) is 6.61 Å². The number of para-hydroxylation sites is 1. The molecule has 1 aliphatic heterocycles. The van der Waals surface area contributed by atoms with Crippen LogP contribution in [0.15, 0.2) is 67.1 Å². The van der Waals surface area contributed by atoms with E-state index in [4.69, 9.17) is 21.1 Å². The van der Waals surface area contributed by atoms with Crippen molar-refractivity contribution >= 4 is 22.5 Å². The molecule has 0 aliphatic carbocycles. The number of pyridine rings is 1. The fraction of sp³-hybridized carbons (Fsp3) is 0.208. The highest BCUT2D eigenvalue weighted by Gasteiger charge is 2.21. The zero-order valence-electron chi connectivity index (χ0n) is 16.7. The Hall–Kier alpha value is -3.02. The Balaban J connectivity index is 1.56. The van der Waals surface area contributed by atoms with Gasteiger partial charge in [-0.1, -0.05) is 29.8 Å². The van der Waals surface area contributed by atoms with Gasteiger partial charge in [0.1, 0.15) is 6.61 Å². The van der Waals surface area contributed by atoms with Gasteiger partial charge < -0.3 is 14.0 Å². The van der Waals surface area contributed by atoms with Gasteiger partial charge in [0.2, 0.25) is 0 Å². The summed E-state index contributed by atoms with van der Waals surface area (Å²) in [7, 11) is 1.68. The second-order valence-electron chi connectivity index (χ2n) is 7.42. The van der Waals surface area contributed by atoms with Gasteiger partial charge in [-0.05, 0) is 29.8 Å². The van der Waals surface area contributed by atoms with E-state index in [-0.39, 0.29) is 0 Å². The summed E-state index contributed by atoms with van der Waals surface area (Å²) in [5, 5.41) is 1.83. The number of halogens is 1. The number of hydrogen-bond donors (Lipinski definition) is 0. The summed E-state index contributed by atoms with van der Waals surface area (Å²) < 4.78 is 13.9. The number of hydrogen-bond acceptors (Lipinski definition) is 4. The second-order valence-corrected chi connectivity index (χ2v) is 7.83. The van der Waals surface area contributed by atoms with Gasteiger partial charge in [0.05, 0.1) is 17.6 Å². The molecule has 0 spiro atoms. The summed E-state index contributed by atoms with van der Waals surface area (Å²) in [5.41, 5.74) is 4.27. The number of aromatic nitrogens is 2. The lowest BCUT2D eigenvalue weighted by Gasteiger charge is -2.20. The van der Waals surface area contributed by atoms with Crippen LogP contribution in [0.4, 0.5) is 0 Å². The third-order valence-corrected chi connectivity index (χ3v) is 5.76. The van der Waals surface area contributed by atoms with E-state index < -0.39 is 0 Å². The number of ether oxygens (including phenoxy) is 2. The summed E-state index contributed by atoms with van der Waals surface area (Å²) in [4.78, 5) is 6.60. The average molecular weight is 420 g/mol. The van der Waals surface area contributed by atoms with Crippen LogP contribution in [0.25, 0.3) is 16.6 Å². The number of nitrogens with zero attached hydrogens (tertiary/aromatic N) is 3. The average Bonchev–Trinajstić information content (AvgIpc) is 3.10. The first-order valence-electron chi connectivity index (χ1n) is 9.94. The van der Waals surface area contributed by atoms with E-state index in [2.05, 4.69) is 38.7 Å². The van der Waals surface area contributed by atoms with Crippen LogP contribution in [0.5, 0.6) is 11.5 Å². The Labute approximate surface area is 180 Å². The SMILES string of the molecule is COc1cc(-n2ccc3cccc(Cl)c32)cc2c1OCCN(Cc1cccnc1)C2. The van der Waals surface area contributed by atoms with E-state index in [1.807, 2.05) is 36.7 Å². The molecule has 6 heteroatoms. The lowest BCUT2D eigenvalue weighted by Crippen LogP contribution is -2.25. The number of benzene rings is 2. The van der Waals surface area contributed by atoms with Crippen molar-refractivity contribution in [3.63, 3.8) is 0 Å². The minimum absolute atomic E-state index is 0.612. The van der Waals surface area contributed by atoms with Crippen molar-refractivity contribution in [2.45, 2.75) is 13.1 Å². The van der Waals surface area contributed by atoms with Gasteiger partial charge in [-0.25, -0.2) is 0 Å². The first-order valence-corrected chi connectivity index (χ1v) is 10.3. The van der Waals surface area contributed by atoms with Crippen molar-refractivity contribution < 1.29 is 9.47 Å².